The summed E-state index contributed by atoms with van der Waals surface area (Å²) in [5.41, 5.74) is 2.87. The summed E-state index contributed by atoms with van der Waals surface area (Å²) in [6.07, 6.45) is 1.89. The van der Waals surface area contributed by atoms with Gasteiger partial charge in [-0.1, -0.05) is 30.3 Å². The number of ether oxygens (including phenoxy) is 2. The zero-order chi connectivity index (χ0) is 21.8. The quantitative estimate of drug-likeness (QED) is 0.553. The third-order valence-electron chi connectivity index (χ3n) is 5.51. The van der Waals surface area contributed by atoms with Gasteiger partial charge in [-0.25, -0.2) is 9.18 Å². The number of dihydropyridines is 1. The van der Waals surface area contributed by atoms with E-state index in [1.807, 2.05) is 30.3 Å². The largest absolute Gasteiger partial charge is 0.490 e. The van der Waals surface area contributed by atoms with Crippen molar-refractivity contribution in [2.45, 2.75) is 32.1 Å². The smallest absolute Gasteiger partial charge is 0.336 e. The lowest BCUT2D eigenvalue weighted by Crippen LogP contribution is -2.34. The van der Waals surface area contributed by atoms with Crippen LogP contribution < -0.4 is 10.1 Å². The van der Waals surface area contributed by atoms with Crippen molar-refractivity contribution in [2.75, 3.05) is 13.2 Å². The van der Waals surface area contributed by atoms with Crippen molar-refractivity contribution in [1.29, 1.82) is 0 Å². The van der Waals surface area contributed by atoms with Crippen LogP contribution in [-0.2, 0) is 14.3 Å². The molecule has 0 aromatic heterocycles. The monoisotopic (exact) mass is 421 g/mol. The van der Waals surface area contributed by atoms with Gasteiger partial charge in [0.05, 0.1) is 5.57 Å². The Morgan fingerprint density at radius 1 is 1.10 bits per heavy atom. The molecule has 5 nitrogen and oxygen atoms in total. The lowest BCUT2D eigenvalue weighted by Gasteiger charge is -2.34. The molecular weight excluding hydrogens is 397 g/mol. The second-order valence-corrected chi connectivity index (χ2v) is 7.62. The summed E-state index contributed by atoms with van der Waals surface area (Å²) >= 11 is 0. The maximum atomic E-state index is 14.0. The molecule has 2 aliphatic rings. The van der Waals surface area contributed by atoms with Gasteiger partial charge >= 0.3 is 5.97 Å². The van der Waals surface area contributed by atoms with Crippen molar-refractivity contribution >= 4 is 11.8 Å². The summed E-state index contributed by atoms with van der Waals surface area (Å²) in [5, 5.41) is 3.22. The minimum absolute atomic E-state index is 0.0202. The van der Waals surface area contributed by atoms with Gasteiger partial charge in [0.25, 0.3) is 0 Å². The number of esters is 1. The number of rotatable bonds is 6. The predicted molar refractivity (Wildman–Crippen MR) is 114 cm³/mol. The molecule has 2 aromatic carbocycles. The number of ketones is 1. The van der Waals surface area contributed by atoms with Crippen molar-refractivity contribution in [3.63, 3.8) is 0 Å². The minimum Gasteiger partial charge on any atom is -0.490 e. The maximum Gasteiger partial charge on any atom is 0.336 e. The Morgan fingerprint density at radius 2 is 1.90 bits per heavy atom. The van der Waals surface area contributed by atoms with E-state index in [1.54, 1.807) is 19.1 Å². The molecule has 6 heteroatoms. The molecule has 4 rings (SSSR count). The number of para-hydroxylation sites is 1. The van der Waals surface area contributed by atoms with Gasteiger partial charge in [0.2, 0.25) is 0 Å². The van der Waals surface area contributed by atoms with Crippen LogP contribution in [0.4, 0.5) is 4.39 Å². The maximum absolute atomic E-state index is 14.0. The number of halogens is 1. The second-order valence-electron chi connectivity index (χ2n) is 7.62. The first-order valence-electron chi connectivity index (χ1n) is 10.4. The van der Waals surface area contributed by atoms with E-state index < -0.39 is 17.7 Å². The van der Waals surface area contributed by atoms with Gasteiger partial charge in [0.15, 0.2) is 5.78 Å². The van der Waals surface area contributed by atoms with Crippen LogP contribution in [0.2, 0.25) is 0 Å². The Hall–Kier alpha value is -3.41. The van der Waals surface area contributed by atoms with E-state index in [4.69, 9.17) is 9.47 Å². The molecule has 31 heavy (non-hydrogen) atoms. The average molecular weight is 421 g/mol. The zero-order valence-electron chi connectivity index (χ0n) is 17.3. The summed E-state index contributed by atoms with van der Waals surface area (Å²) in [7, 11) is 0. The van der Waals surface area contributed by atoms with Gasteiger partial charge in [-0.15, -0.1) is 0 Å². The van der Waals surface area contributed by atoms with Crippen LogP contribution in [0.15, 0.2) is 77.1 Å². The topological polar surface area (TPSA) is 64.6 Å². The van der Waals surface area contributed by atoms with E-state index in [1.165, 1.54) is 12.1 Å². The molecule has 1 aliphatic heterocycles. The van der Waals surface area contributed by atoms with Gasteiger partial charge in [0.1, 0.15) is 24.8 Å². The standard InChI is InChI=1S/C25H24FNO4/c1-16-22(25(29)31-14-13-30-19-9-3-2-4-10-19)23(17-7-5-8-18(26)15-17)24-20(27-16)11-6-12-21(24)28/h2-5,7-10,15,23,27H,6,11-14H2,1H3/t23-/m0/s1. The van der Waals surface area contributed by atoms with E-state index in [0.29, 0.717) is 34.6 Å². The van der Waals surface area contributed by atoms with Crippen molar-refractivity contribution < 1.29 is 23.5 Å². The summed E-state index contributed by atoms with van der Waals surface area (Å²) in [4.78, 5) is 25.9. The van der Waals surface area contributed by atoms with E-state index in [0.717, 1.165) is 18.5 Å². The highest BCUT2D eigenvalue weighted by atomic mass is 19.1. The molecule has 1 heterocycles. The molecule has 0 unspecified atom stereocenters. The highest BCUT2D eigenvalue weighted by Gasteiger charge is 2.39. The number of carbonyl (C=O) groups excluding carboxylic acids is 2. The Balaban J connectivity index is 1.56. The fourth-order valence-corrected chi connectivity index (χ4v) is 4.16. The molecule has 2 aromatic rings. The fourth-order valence-electron chi connectivity index (χ4n) is 4.16. The molecule has 1 aliphatic carbocycles. The van der Waals surface area contributed by atoms with E-state index in [-0.39, 0.29) is 19.0 Å². The van der Waals surface area contributed by atoms with Crippen LogP contribution in [0, 0.1) is 5.82 Å². The molecular formula is C25H24FNO4. The second kappa shape index (κ2) is 9.16. The van der Waals surface area contributed by atoms with Gasteiger partial charge < -0.3 is 14.8 Å². The Morgan fingerprint density at radius 3 is 2.68 bits per heavy atom. The SMILES string of the molecule is CC1=C(C(=O)OCCOc2ccccc2)[C@H](c2cccc(F)c2)C2=C(CCCC2=O)N1. The normalized spacial score (nSPS) is 18.4. The summed E-state index contributed by atoms with van der Waals surface area (Å²) < 4.78 is 25.1. The number of hydrogen-bond acceptors (Lipinski definition) is 5. The third kappa shape index (κ3) is 4.53. The van der Waals surface area contributed by atoms with Gasteiger partial charge in [-0.05, 0) is 49.6 Å². The Labute approximate surface area is 180 Å². The van der Waals surface area contributed by atoms with Crippen LogP contribution in [0.1, 0.15) is 37.7 Å². The van der Waals surface area contributed by atoms with Gasteiger partial charge in [-0.3, -0.25) is 4.79 Å². The Kier molecular flexibility index (Phi) is 6.16. The number of benzene rings is 2. The van der Waals surface area contributed by atoms with E-state index in [2.05, 4.69) is 5.32 Å². The minimum atomic E-state index is -0.651. The molecule has 0 fully saturated rings. The molecule has 0 spiro atoms. The molecule has 0 amide bonds. The van der Waals surface area contributed by atoms with Crippen LogP contribution >= 0.6 is 0 Å². The van der Waals surface area contributed by atoms with Crippen molar-refractivity contribution in [1.82, 2.24) is 5.32 Å². The number of carbonyl (C=O) groups is 2. The molecule has 0 bridgehead atoms. The molecule has 0 saturated carbocycles. The first kappa shape index (κ1) is 20.8. The highest BCUT2D eigenvalue weighted by Crippen LogP contribution is 2.42. The van der Waals surface area contributed by atoms with Crippen LogP contribution in [-0.4, -0.2) is 25.0 Å². The third-order valence-corrected chi connectivity index (χ3v) is 5.51. The van der Waals surface area contributed by atoms with E-state index in [9.17, 15) is 14.0 Å². The average Bonchev–Trinajstić information content (AvgIpc) is 2.76. The summed E-state index contributed by atoms with van der Waals surface area (Å²) in [5.74, 6) is -0.937. The Bertz CT molecular complexity index is 1060. The lowest BCUT2D eigenvalue weighted by atomic mass is 9.75. The molecule has 0 radical (unpaired) electrons. The molecule has 0 saturated heterocycles. The number of hydrogen-bond donors (Lipinski definition) is 1. The van der Waals surface area contributed by atoms with Crippen LogP contribution in [0.25, 0.3) is 0 Å². The van der Waals surface area contributed by atoms with Gasteiger partial charge in [0, 0.05) is 29.3 Å². The summed E-state index contributed by atoms with van der Waals surface area (Å²) in [6.45, 7) is 2.04. The van der Waals surface area contributed by atoms with Gasteiger partial charge in [-0.2, -0.15) is 0 Å². The van der Waals surface area contributed by atoms with Crippen molar-refractivity contribution in [2.24, 2.45) is 0 Å². The van der Waals surface area contributed by atoms with Crippen molar-refractivity contribution in [3.8, 4) is 5.75 Å². The lowest BCUT2D eigenvalue weighted by molar-refractivity contribution is -0.140. The zero-order valence-corrected chi connectivity index (χ0v) is 17.3. The molecule has 160 valence electrons. The first-order valence-corrected chi connectivity index (χ1v) is 10.4. The van der Waals surface area contributed by atoms with Crippen LogP contribution in [0.3, 0.4) is 0 Å². The van der Waals surface area contributed by atoms with E-state index >= 15 is 0 Å². The van der Waals surface area contributed by atoms with Crippen molar-refractivity contribution in [3.05, 3.63) is 88.5 Å². The predicted octanol–water partition coefficient (Wildman–Crippen LogP) is 4.42. The first-order chi connectivity index (χ1) is 15.0. The number of nitrogens with one attached hydrogen (secondary N) is 1. The molecule has 1 N–H and O–H groups in total. The van der Waals surface area contributed by atoms with Crippen LogP contribution in [0.5, 0.6) is 5.75 Å². The highest BCUT2D eigenvalue weighted by molar-refractivity contribution is 6.03. The summed E-state index contributed by atoms with van der Waals surface area (Å²) in [6, 6.07) is 15.3. The number of allylic oxidation sites excluding steroid dienone is 3. The fraction of sp³-hybridized carbons (Fsp3) is 0.280. The molecule has 1 atom stereocenters. The number of Topliss-reactive ketones (excluding diaryl/α,β-unsaturated/α-hetero) is 1.